The quantitative estimate of drug-likeness (QED) is 0.728. The summed E-state index contributed by atoms with van der Waals surface area (Å²) in [5.74, 6) is 0.694. The molecule has 158 valence electrons. The number of nitrogens with zero attached hydrogens (tertiary/aromatic N) is 2. The minimum atomic E-state index is 0.116. The Hall–Kier alpha value is -2.08. The number of hydrogen-bond donors (Lipinski definition) is 1. The van der Waals surface area contributed by atoms with Crippen molar-refractivity contribution in [3.63, 3.8) is 0 Å². The first-order valence-corrected chi connectivity index (χ1v) is 11.0. The summed E-state index contributed by atoms with van der Waals surface area (Å²) in [7, 11) is 4.02. The molecule has 3 fully saturated rings. The smallest absolute Gasteiger partial charge is 0.227 e. The molecule has 6 nitrogen and oxygen atoms in total. The lowest BCUT2D eigenvalue weighted by Crippen LogP contribution is -2.38. The number of hydrogen-bond acceptors (Lipinski definition) is 4. The van der Waals surface area contributed by atoms with E-state index in [0.29, 0.717) is 13.1 Å². The van der Waals surface area contributed by atoms with Crippen LogP contribution in [0.3, 0.4) is 0 Å². The lowest BCUT2D eigenvalue weighted by molar-refractivity contribution is -0.134. The van der Waals surface area contributed by atoms with Gasteiger partial charge in [0.25, 0.3) is 0 Å². The number of rotatable bonds is 8. The summed E-state index contributed by atoms with van der Waals surface area (Å²) >= 11 is 0. The van der Waals surface area contributed by atoms with Gasteiger partial charge < -0.3 is 19.9 Å². The molecule has 1 aromatic rings. The maximum atomic E-state index is 13.0. The van der Waals surface area contributed by atoms with Crippen LogP contribution in [0.15, 0.2) is 18.2 Å². The Labute approximate surface area is 173 Å². The van der Waals surface area contributed by atoms with Crippen LogP contribution in [-0.4, -0.2) is 50.1 Å². The predicted molar refractivity (Wildman–Crippen MR) is 114 cm³/mol. The Morgan fingerprint density at radius 2 is 1.86 bits per heavy atom. The van der Waals surface area contributed by atoms with Crippen LogP contribution in [0.5, 0.6) is 0 Å². The standard InChI is InChI=1S/C23H33N3O3/c1-25(2)21-11-10-19(24-22(27)16-5-3-6-16)13-18(21)14-26(23(28)17-8-9-17)15-20-7-4-12-29-20/h10-11,13,16-17,20H,3-9,12,14-15H2,1-2H3,(H,24,27). The van der Waals surface area contributed by atoms with E-state index in [0.717, 1.165) is 68.5 Å². The van der Waals surface area contributed by atoms with Gasteiger partial charge in [0.05, 0.1) is 6.10 Å². The van der Waals surface area contributed by atoms with Crippen LogP contribution in [0.1, 0.15) is 50.5 Å². The molecule has 6 heteroatoms. The second-order valence-corrected chi connectivity index (χ2v) is 8.98. The third-order valence-electron chi connectivity index (χ3n) is 6.35. The van der Waals surface area contributed by atoms with Crippen LogP contribution >= 0.6 is 0 Å². The molecule has 1 saturated heterocycles. The maximum Gasteiger partial charge on any atom is 0.227 e. The fourth-order valence-electron chi connectivity index (χ4n) is 4.20. The molecule has 4 rings (SSSR count). The summed E-state index contributed by atoms with van der Waals surface area (Å²) < 4.78 is 5.81. The summed E-state index contributed by atoms with van der Waals surface area (Å²) in [5.41, 5.74) is 2.96. The highest BCUT2D eigenvalue weighted by molar-refractivity contribution is 5.93. The van der Waals surface area contributed by atoms with Crippen molar-refractivity contribution in [2.75, 3.05) is 37.5 Å². The Morgan fingerprint density at radius 3 is 2.45 bits per heavy atom. The van der Waals surface area contributed by atoms with Crippen LogP contribution in [0.2, 0.25) is 0 Å². The average molecular weight is 400 g/mol. The first-order chi connectivity index (χ1) is 14.0. The number of nitrogens with one attached hydrogen (secondary N) is 1. The summed E-state index contributed by atoms with van der Waals surface area (Å²) in [5, 5.41) is 3.08. The van der Waals surface area contributed by atoms with Crippen LogP contribution < -0.4 is 10.2 Å². The van der Waals surface area contributed by atoms with Gasteiger partial charge in [-0.2, -0.15) is 0 Å². The minimum absolute atomic E-state index is 0.116. The largest absolute Gasteiger partial charge is 0.377 e. The van der Waals surface area contributed by atoms with Crippen molar-refractivity contribution in [2.45, 2.75) is 57.6 Å². The number of ether oxygens (including phenoxy) is 1. The molecule has 1 heterocycles. The molecule has 1 atom stereocenters. The summed E-state index contributed by atoms with van der Waals surface area (Å²) in [4.78, 5) is 29.4. The number of amides is 2. The van der Waals surface area contributed by atoms with E-state index in [9.17, 15) is 9.59 Å². The van der Waals surface area contributed by atoms with E-state index in [1.807, 2.05) is 37.2 Å². The van der Waals surface area contributed by atoms with E-state index in [1.165, 1.54) is 0 Å². The van der Waals surface area contributed by atoms with Crippen molar-refractivity contribution in [1.82, 2.24) is 4.90 Å². The van der Waals surface area contributed by atoms with Crippen LogP contribution in [0, 0.1) is 11.8 Å². The Balaban J connectivity index is 1.52. The SMILES string of the molecule is CN(C)c1ccc(NC(=O)C2CCC2)cc1CN(CC1CCCO1)C(=O)C1CC1. The van der Waals surface area contributed by atoms with Crippen molar-refractivity contribution in [3.8, 4) is 0 Å². The highest BCUT2D eigenvalue weighted by Gasteiger charge is 2.35. The highest BCUT2D eigenvalue weighted by Crippen LogP contribution is 2.34. The van der Waals surface area contributed by atoms with Crippen molar-refractivity contribution in [3.05, 3.63) is 23.8 Å². The molecule has 0 bridgehead atoms. The zero-order valence-corrected chi connectivity index (χ0v) is 17.7. The van der Waals surface area contributed by atoms with Gasteiger partial charge in [0, 0.05) is 57.0 Å². The highest BCUT2D eigenvalue weighted by atomic mass is 16.5. The number of benzene rings is 1. The first-order valence-electron chi connectivity index (χ1n) is 11.0. The lowest BCUT2D eigenvalue weighted by atomic mass is 9.85. The molecule has 2 amide bonds. The van der Waals surface area contributed by atoms with Crippen molar-refractivity contribution in [1.29, 1.82) is 0 Å². The fraction of sp³-hybridized carbons (Fsp3) is 0.652. The fourth-order valence-corrected chi connectivity index (χ4v) is 4.20. The van der Waals surface area contributed by atoms with Gasteiger partial charge in [0.2, 0.25) is 11.8 Å². The van der Waals surface area contributed by atoms with Crippen LogP contribution in [-0.2, 0) is 20.9 Å². The molecule has 3 aliphatic rings. The van der Waals surface area contributed by atoms with E-state index in [1.54, 1.807) is 0 Å². The summed E-state index contributed by atoms with van der Waals surface area (Å²) in [6, 6.07) is 6.04. The number of carbonyl (C=O) groups is 2. The van der Waals surface area contributed by atoms with Crippen molar-refractivity contribution in [2.24, 2.45) is 11.8 Å². The van der Waals surface area contributed by atoms with Gasteiger partial charge in [-0.1, -0.05) is 6.42 Å². The zero-order valence-electron chi connectivity index (χ0n) is 17.7. The minimum Gasteiger partial charge on any atom is -0.377 e. The van der Waals surface area contributed by atoms with Crippen LogP contribution in [0.25, 0.3) is 0 Å². The van der Waals surface area contributed by atoms with Gasteiger partial charge >= 0.3 is 0 Å². The van der Waals surface area contributed by atoms with Crippen molar-refractivity contribution < 1.29 is 14.3 Å². The van der Waals surface area contributed by atoms with E-state index in [2.05, 4.69) is 10.2 Å². The Kier molecular flexibility index (Phi) is 6.09. The second-order valence-electron chi connectivity index (χ2n) is 8.98. The normalized spacial score (nSPS) is 21.5. The Morgan fingerprint density at radius 1 is 1.07 bits per heavy atom. The molecule has 1 aliphatic heterocycles. The maximum absolute atomic E-state index is 13.0. The molecule has 1 unspecified atom stereocenters. The van der Waals surface area contributed by atoms with Gasteiger partial charge in [-0.05, 0) is 62.3 Å². The van der Waals surface area contributed by atoms with Gasteiger partial charge in [0.1, 0.15) is 0 Å². The monoisotopic (exact) mass is 399 g/mol. The van der Waals surface area contributed by atoms with E-state index in [4.69, 9.17) is 4.74 Å². The van der Waals surface area contributed by atoms with E-state index >= 15 is 0 Å². The van der Waals surface area contributed by atoms with Crippen molar-refractivity contribution >= 4 is 23.2 Å². The molecule has 0 radical (unpaired) electrons. The van der Waals surface area contributed by atoms with E-state index in [-0.39, 0.29) is 29.8 Å². The molecular formula is C23H33N3O3. The van der Waals surface area contributed by atoms with Crippen LogP contribution in [0.4, 0.5) is 11.4 Å². The third kappa shape index (κ3) is 4.92. The molecule has 1 aromatic carbocycles. The lowest BCUT2D eigenvalue weighted by Gasteiger charge is -2.28. The molecule has 0 aromatic heterocycles. The summed E-state index contributed by atoms with van der Waals surface area (Å²) in [6.07, 6.45) is 7.34. The first kappa shape index (κ1) is 20.2. The molecule has 0 spiro atoms. The molecule has 2 aliphatic carbocycles. The molecule has 1 N–H and O–H groups in total. The number of anilines is 2. The molecular weight excluding hydrogens is 366 g/mol. The molecule has 2 saturated carbocycles. The van der Waals surface area contributed by atoms with Gasteiger partial charge in [-0.3, -0.25) is 9.59 Å². The predicted octanol–water partition coefficient (Wildman–Crippen LogP) is 3.41. The average Bonchev–Trinajstić information content (AvgIpc) is 3.36. The third-order valence-corrected chi connectivity index (χ3v) is 6.35. The zero-order chi connectivity index (χ0) is 20.4. The van der Waals surface area contributed by atoms with Gasteiger partial charge in [0.15, 0.2) is 0 Å². The Bertz CT molecular complexity index is 750. The molecule has 29 heavy (non-hydrogen) atoms. The second kappa shape index (κ2) is 8.74. The van der Waals surface area contributed by atoms with Gasteiger partial charge in [-0.25, -0.2) is 0 Å². The number of carbonyl (C=O) groups excluding carboxylic acids is 2. The van der Waals surface area contributed by atoms with E-state index < -0.39 is 0 Å². The topological polar surface area (TPSA) is 61.9 Å². The summed E-state index contributed by atoms with van der Waals surface area (Å²) in [6.45, 7) is 2.00. The van der Waals surface area contributed by atoms with Gasteiger partial charge in [-0.15, -0.1) is 0 Å².